The van der Waals surface area contributed by atoms with Gasteiger partial charge < -0.3 is 10.1 Å². The van der Waals surface area contributed by atoms with Gasteiger partial charge in [-0.3, -0.25) is 0 Å². The summed E-state index contributed by atoms with van der Waals surface area (Å²) in [6.07, 6.45) is 0. The highest BCUT2D eigenvalue weighted by Gasteiger charge is 2.18. The van der Waals surface area contributed by atoms with Crippen molar-refractivity contribution in [3.63, 3.8) is 0 Å². The molecule has 2 aromatic carbocycles. The van der Waals surface area contributed by atoms with E-state index >= 15 is 0 Å². The number of hydrogen-bond acceptors (Lipinski definition) is 4. The second-order valence-corrected chi connectivity index (χ2v) is 8.03. The lowest BCUT2D eigenvalue weighted by Gasteiger charge is -2.22. The molecule has 0 unspecified atom stereocenters. The molecule has 0 saturated carbocycles. The first-order valence-corrected chi connectivity index (χ1v) is 8.48. The van der Waals surface area contributed by atoms with Gasteiger partial charge in [0.2, 0.25) is 9.84 Å². The lowest BCUT2D eigenvalue weighted by Crippen LogP contribution is -2.25. The fourth-order valence-corrected chi connectivity index (χ4v) is 3.30. The van der Waals surface area contributed by atoms with E-state index in [9.17, 15) is 8.42 Å². The Hall–Kier alpha value is -2.01. The van der Waals surface area contributed by atoms with E-state index < -0.39 is 9.84 Å². The highest BCUT2D eigenvalue weighted by Crippen LogP contribution is 2.25. The Kier molecular flexibility index (Phi) is 4.47. The molecule has 0 aliphatic carbocycles. The van der Waals surface area contributed by atoms with Crippen LogP contribution in [0.5, 0.6) is 5.75 Å². The van der Waals surface area contributed by atoms with Crippen LogP contribution in [0.3, 0.4) is 0 Å². The van der Waals surface area contributed by atoms with Crippen molar-refractivity contribution in [2.75, 3.05) is 12.4 Å². The second-order valence-electron chi connectivity index (χ2n) is 6.08. The lowest BCUT2D eigenvalue weighted by molar-refractivity contribution is 0.414. The molecule has 0 aliphatic heterocycles. The number of anilines is 1. The number of benzene rings is 2. The highest BCUT2D eigenvalue weighted by atomic mass is 32.2. The zero-order valence-corrected chi connectivity index (χ0v) is 14.1. The van der Waals surface area contributed by atoms with Crippen LogP contribution in [0.25, 0.3) is 0 Å². The summed E-state index contributed by atoms with van der Waals surface area (Å²) in [5.74, 6) is 0.628. The molecule has 118 valence electrons. The van der Waals surface area contributed by atoms with Crippen LogP contribution in [0.15, 0.2) is 58.3 Å². The third-order valence-corrected chi connectivity index (χ3v) is 4.84. The summed E-state index contributed by atoms with van der Waals surface area (Å²) in [5, 5.41) is 3.30. The monoisotopic (exact) mass is 319 g/mol. The third-order valence-electron chi connectivity index (χ3n) is 3.05. The number of nitrogens with one attached hydrogen (secondary N) is 1. The van der Waals surface area contributed by atoms with Crippen molar-refractivity contribution in [3.05, 3.63) is 48.5 Å². The maximum atomic E-state index is 12.6. The first kappa shape index (κ1) is 16.4. The van der Waals surface area contributed by atoms with Crippen molar-refractivity contribution in [2.45, 2.75) is 36.1 Å². The molecule has 0 amide bonds. The van der Waals surface area contributed by atoms with E-state index in [-0.39, 0.29) is 15.3 Å². The summed E-state index contributed by atoms with van der Waals surface area (Å²) in [7, 11) is -1.96. The van der Waals surface area contributed by atoms with Gasteiger partial charge in [0.05, 0.1) is 16.9 Å². The Morgan fingerprint density at radius 1 is 0.864 bits per heavy atom. The van der Waals surface area contributed by atoms with Crippen LogP contribution in [0, 0.1) is 0 Å². The quantitative estimate of drug-likeness (QED) is 0.933. The minimum Gasteiger partial charge on any atom is -0.497 e. The topological polar surface area (TPSA) is 55.4 Å². The Labute approximate surface area is 132 Å². The van der Waals surface area contributed by atoms with Gasteiger partial charge in [-0.05, 0) is 69.3 Å². The Morgan fingerprint density at radius 2 is 1.32 bits per heavy atom. The Balaban J connectivity index is 2.29. The fourth-order valence-electron chi connectivity index (χ4n) is 2.04. The molecule has 0 fully saturated rings. The summed E-state index contributed by atoms with van der Waals surface area (Å²) in [6, 6.07) is 13.2. The Morgan fingerprint density at radius 3 is 1.73 bits per heavy atom. The minimum atomic E-state index is -3.51. The number of sulfone groups is 1. The van der Waals surface area contributed by atoms with E-state index in [1.807, 2.05) is 0 Å². The van der Waals surface area contributed by atoms with E-state index in [2.05, 4.69) is 26.1 Å². The predicted molar refractivity (Wildman–Crippen MR) is 88.3 cm³/mol. The standard InChI is InChI=1S/C17H21NO3S/c1-17(2,3)18-13-5-9-15(10-6-13)22(19,20)16-11-7-14(21-4)8-12-16/h5-12,18H,1-4H3. The van der Waals surface area contributed by atoms with E-state index in [4.69, 9.17) is 4.74 Å². The molecule has 0 saturated heterocycles. The second kappa shape index (κ2) is 6.01. The van der Waals surface area contributed by atoms with Crippen molar-refractivity contribution in [2.24, 2.45) is 0 Å². The highest BCUT2D eigenvalue weighted by molar-refractivity contribution is 7.91. The molecule has 2 aromatic rings. The van der Waals surface area contributed by atoms with Crippen molar-refractivity contribution in [3.8, 4) is 5.75 Å². The van der Waals surface area contributed by atoms with Crippen LogP contribution in [0.2, 0.25) is 0 Å². The SMILES string of the molecule is COc1ccc(S(=O)(=O)c2ccc(NC(C)(C)C)cc2)cc1. The van der Waals surface area contributed by atoms with E-state index in [1.54, 1.807) is 55.6 Å². The molecule has 2 rings (SSSR count). The lowest BCUT2D eigenvalue weighted by atomic mass is 10.1. The molecule has 0 bridgehead atoms. The van der Waals surface area contributed by atoms with Gasteiger partial charge in [-0.15, -0.1) is 0 Å². The summed E-state index contributed by atoms with van der Waals surface area (Å²) < 4.78 is 30.2. The van der Waals surface area contributed by atoms with Gasteiger partial charge in [0.1, 0.15) is 5.75 Å². The average molecular weight is 319 g/mol. The van der Waals surface area contributed by atoms with Crippen LogP contribution in [-0.2, 0) is 9.84 Å². The summed E-state index contributed by atoms with van der Waals surface area (Å²) in [5.41, 5.74) is 0.817. The van der Waals surface area contributed by atoms with Crippen molar-refractivity contribution in [1.29, 1.82) is 0 Å². The number of methoxy groups -OCH3 is 1. The van der Waals surface area contributed by atoms with Crippen LogP contribution < -0.4 is 10.1 Å². The molecule has 0 atom stereocenters. The maximum absolute atomic E-state index is 12.6. The smallest absolute Gasteiger partial charge is 0.206 e. The molecule has 1 N–H and O–H groups in total. The molecule has 0 spiro atoms. The van der Waals surface area contributed by atoms with Gasteiger partial charge in [0, 0.05) is 11.2 Å². The maximum Gasteiger partial charge on any atom is 0.206 e. The van der Waals surface area contributed by atoms with E-state index in [0.717, 1.165) is 5.69 Å². The van der Waals surface area contributed by atoms with Crippen LogP contribution in [0.1, 0.15) is 20.8 Å². The number of rotatable bonds is 4. The zero-order valence-electron chi connectivity index (χ0n) is 13.3. The van der Waals surface area contributed by atoms with Gasteiger partial charge >= 0.3 is 0 Å². The molecule has 0 heterocycles. The summed E-state index contributed by atoms with van der Waals surface area (Å²) >= 11 is 0. The van der Waals surface area contributed by atoms with Crippen LogP contribution in [0.4, 0.5) is 5.69 Å². The van der Waals surface area contributed by atoms with E-state index in [0.29, 0.717) is 5.75 Å². The van der Waals surface area contributed by atoms with Gasteiger partial charge in [-0.1, -0.05) is 0 Å². The molecule has 4 nitrogen and oxygen atoms in total. The third kappa shape index (κ3) is 3.80. The first-order valence-electron chi connectivity index (χ1n) is 7.00. The minimum absolute atomic E-state index is 0.0730. The fraction of sp³-hybridized carbons (Fsp3) is 0.294. The molecule has 0 aromatic heterocycles. The summed E-state index contributed by atoms with van der Waals surface area (Å²) in [6.45, 7) is 6.15. The largest absolute Gasteiger partial charge is 0.497 e. The molecular weight excluding hydrogens is 298 g/mol. The molecule has 0 aliphatic rings. The molecule has 0 radical (unpaired) electrons. The number of hydrogen-bond donors (Lipinski definition) is 1. The zero-order chi connectivity index (χ0) is 16.4. The van der Waals surface area contributed by atoms with Crippen molar-refractivity contribution in [1.82, 2.24) is 0 Å². The molecule has 22 heavy (non-hydrogen) atoms. The summed E-state index contributed by atoms with van der Waals surface area (Å²) in [4.78, 5) is 0.530. The molecular formula is C17H21NO3S. The Bertz CT molecular complexity index is 727. The van der Waals surface area contributed by atoms with Crippen molar-refractivity contribution < 1.29 is 13.2 Å². The average Bonchev–Trinajstić information content (AvgIpc) is 2.46. The van der Waals surface area contributed by atoms with E-state index in [1.165, 1.54) is 0 Å². The predicted octanol–water partition coefficient (Wildman–Crippen LogP) is 3.74. The molecule has 5 heteroatoms. The van der Waals surface area contributed by atoms with Gasteiger partial charge in [-0.2, -0.15) is 0 Å². The normalized spacial score (nSPS) is 12.0. The van der Waals surface area contributed by atoms with Gasteiger partial charge in [0.25, 0.3) is 0 Å². The van der Waals surface area contributed by atoms with Crippen LogP contribution >= 0.6 is 0 Å². The van der Waals surface area contributed by atoms with Gasteiger partial charge in [0.15, 0.2) is 0 Å². The van der Waals surface area contributed by atoms with Crippen molar-refractivity contribution >= 4 is 15.5 Å². The van der Waals surface area contributed by atoms with Crippen LogP contribution in [-0.4, -0.2) is 21.1 Å². The number of ether oxygens (including phenoxy) is 1. The first-order chi connectivity index (χ1) is 10.2. The van der Waals surface area contributed by atoms with Gasteiger partial charge in [-0.25, -0.2) is 8.42 Å².